The third-order valence-corrected chi connectivity index (χ3v) is 3.73. The summed E-state index contributed by atoms with van der Waals surface area (Å²) in [4.78, 5) is 0. The third kappa shape index (κ3) is 2.37. The van der Waals surface area contributed by atoms with E-state index in [0.29, 0.717) is 17.7 Å². The molecule has 0 bridgehead atoms. The number of methoxy groups -OCH3 is 1. The molecule has 1 aromatic carbocycles. The smallest absolute Gasteiger partial charge is 0.419 e. The minimum atomic E-state index is -4.43. The van der Waals surface area contributed by atoms with E-state index in [4.69, 9.17) is 4.74 Å². The Balaban J connectivity index is 1.91. The summed E-state index contributed by atoms with van der Waals surface area (Å²) in [5.74, 6) is 0.602. The summed E-state index contributed by atoms with van der Waals surface area (Å²) in [6.45, 7) is 0. The predicted octanol–water partition coefficient (Wildman–Crippen LogP) is 2.74. The molecule has 2 unspecified atom stereocenters. The number of aliphatic hydroxyl groups excluding tert-OH is 1. The van der Waals surface area contributed by atoms with Gasteiger partial charge in [-0.05, 0) is 29.7 Å². The second kappa shape index (κ2) is 4.77. The second-order valence-corrected chi connectivity index (χ2v) is 4.99. The van der Waals surface area contributed by atoms with Crippen LogP contribution in [-0.4, -0.2) is 22.0 Å². The Hall–Kier alpha value is -2.02. The molecule has 112 valence electrons. The molecule has 2 aromatic rings. The van der Waals surface area contributed by atoms with E-state index < -0.39 is 23.9 Å². The molecule has 7 heteroatoms. The maximum atomic E-state index is 12.6. The van der Waals surface area contributed by atoms with Crippen molar-refractivity contribution in [2.45, 2.75) is 24.7 Å². The van der Waals surface area contributed by atoms with Crippen molar-refractivity contribution >= 4 is 0 Å². The number of aliphatic hydroxyl groups is 1. The molecule has 0 fully saturated rings. The van der Waals surface area contributed by atoms with Crippen molar-refractivity contribution in [3.63, 3.8) is 0 Å². The molecule has 1 aliphatic carbocycles. The van der Waals surface area contributed by atoms with Crippen LogP contribution in [-0.2, 0) is 12.6 Å². The average molecular weight is 298 g/mol. The van der Waals surface area contributed by atoms with E-state index >= 15 is 0 Å². The molecule has 0 aliphatic heterocycles. The summed E-state index contributed by atoms with van der Waals surface area (Å²) in [5, 5.41) is 14.1. The number of alkyl halides is 3. The van der Waals surface area contributed by atoms with Gasteiger partial charge in [0, 0.05) is 6.20 Å². The summed E-state index contributed by atoms with van der Waals surface area (Å²) >= 11 is 0. The predicted molar refractivity (Wildman–Crippen MR) is 67.9 cm³/mol. The first-order valence-corrected chi connectivity index (χ1v) is 6.36. The van der Waals surface area contributed by atoms with Gasteiger partial charge in [0.25, 0.3) is 0 Å². The lowest BCUT2D eigenvalue weighted by atomic mass is 10.1. The third-order valence-electron chi connectivity index (χ3n) is 3.73. The van der Waals surface area contributed by atoms with Crippen LogP contribution >= 0.6 is 0 Å². The standard InChI is InChI=1S/C14H13F3N2O2/c1-21-10-3-2-8-4-12(13(20)11(8)5-10)19-7-9(6-18-19)14(15,16)17/h2-3,5-7,12-13,20H,4H2,1H3. The molecule has 2 atom stereocenters. The molecular weight excluding hydrogens is 285 g/mol. The van der Waals surface area contributed by atoms with Gasteiger partial charge < -0.3 is 9.84 Å². The van der Waals surface area contributed by atoms with E-state index in [2.05, 4.69) is 5.10 Å². The molecular formula is C14H13F3N2O2. The van der Waals surface area contributed by atoms with Crippen LogP contribution in [0.3, 0.4) is 0 Å². The lowest BCUT2D eigenvalue weighted by Crippen LogP contribution is -2.14. The molecule has 1 aromatic heterocycles. The van der Waals surface area contributed by atoms with Gasteiger partial charge in [0.05, 0.1) is 24.9 Å². The van der Waals surface area contributed by atoms with E-state index in [0.717, 1.165) is 18.0 Å². The molecule has 0 amide bonds. The Morgan fingerprint density at radius 2 is 2.14 bits per heavy atom. The van der Waals surface area contributed by atoms with Gasteiger partial charge in [-0.2, -0.15) is 18.3 Å². The highest BCUT2D eigenvalue weighted by atomic mass is 19.4. The van der Waals surface area contributed by atoms with Gasteiger partial charge in [-0.15, -0.1) is 0 Å². The molecule has 1 N–H and O–H groups in total. The Morgan fingerprint density at radius 1 is 1.38 bits per heavy atom. The highest BCUT2D eigenvalue weighted by Gasteiger charge is 2.36. The van der Waals surface area contributed by atoms with Gasteiger partial charge in [-0.3, -0.25) is 4.68 Å². The van der Waals surface area contributed by atoms with Crippen LogP contribution in [0.25, 0.3) is 0 Å². The van der Waals surface area contributed by atoms with Gasteiger partial charge in [-0.25, -0.2) is 0 Å². The number of benzene rings is 1. The lowest BCUT2D eigenvalue weighted by molar-refractivity contribution is -0.137. The summed E-state index contributed by atoms with van der Waals surface area (Å²) in [6, 6.07) is 4.74. The summed E-state index contributed by atoms with van der Waals surface area (Å²) < 4.78 is 44.1. The number of hydrogen-bond donors (Lipinski definition) is 1. The number of rotatable bonds is 2. The van der Waals surface area contributed by atoms with Gasteiger partial charge >= 0.3 is 6.18 Å². The van der Waals surface area contributed by atoms with Crippen molar-refractivity contribution in [1.82, 2.24) is 9.78 Å². The minimum Gasteiger partial charge on any atom is -0.497 e. The van der Waals surface area contributed by atoms with Crippen LogP contribution < -0.4 is 4.74 Å². The Kier molecular flexibility index (Phi) is 3.16. The molecule has 0 spiro atoms. The van der Waals surface area contributed by atoms with Crippen molar-refractivity contribution in [2.75, 3.05) is 7.11 Å². The van der Waals surface area contributed by atoms with Gasteiger partial charge in [0.15, 0.2) is 0 Å². The lowest BCUT2D eigenvalue weighted by Gasteiger charge is -2.15. The normalized spacial score (nSPS) is 21.4. The van der Waals surface area contributed by atoms with Crippen LogP contribution in [0.15, 0.2) is 30.6 Å². The molecule has 4 nitrogen and oxygen atoms in total. The van der Waals surface area contributed by atoms with E-state index in [1.54, 1.807) is 12.1 Å². The zero-order valence-electron chi connectivity index (χ0n) is 11.1. The van der Waals surface area contributed by atoms with Gasteiger partial charge in [-0.1, -0.05) is 6.07 Å². The molecule has 1 aliphatic rings. The zero-order chi connectivity index (χ0) is 15.2. The van der Waals surface area contributed by atoms with Gasteiger partial charge in [0.1, 0.15) is 11.9 Å². The van der Waals surface area contributed by atoms with Crippen LogP contribution in [0, 0.1) is 0 Å². The van der Waals surface area contributed by atoms with Crippen molar-refractivity contribution in [1.29, 1.82) is 0 Å². The fraction of sp³-hybridized carbons (Fsp3) is 0.357. The van der Waals surface area contributed by atoms with E-state index in [9.17, 15) is 18.3 Å². The van der Waals surface area contributed by atoms with Crippen LogP contribution in [0.5, 0.6) is 5.75 Å². The van der Waals surface area contributed by atoms with E-state index in [1.807, 2.05) is 6.07 Å². The highest BCUT2D eigenvalue weighted by molar-refractivity contribution is 5.41. The summed E-state index contributed by atoms with van der Waals surface area (Å²) in [6.07, 6.45) is -3.21. The van der Waals surface area contributed by atoms with Crippen molar-refractivity contribution in [3.8, 4) is 5.75 Å². The molecule has 3 rings (SSSR count). The first-order valence-electron chi connectivity index (χ1n) is 6.36. The van der Waals surface area contributed by atoms with Crippen molar-refractivity contribution in [3.05, 3.63) is 47.3 Å². The quantitative estimate of drug-likeness (QED) is 0.927. The fourth-order valence-corrected chi connectivity index (χ4v) is 2.61. The number of aromatic nitrogens is 2. The molecule has 21 heavy (non-hydrogen) atoms. The number of nitrogens with zero attached hydrogens (tertiary/aromatic N) is 2. The van der Waals surface area contributed by atoms with Crippen LogP contribution in [0.4, 0.5) is 13.2 Å². The highest BCUT2D eigenvalue weighted by Crippen LogP contribution is 2.41. The van der Waals surface area contributed by atoms with E-state index in [-0.39, 0.29) is 0 Å². The largest absolute Gasteiger partial charge is 0.497 e. The fourth-order valence-electron chi connectivity index (χ4n) is 2.61. The number of fused-ring (bicyclic) bond motifs is 1. The minimum absolute atomic E-state index is 0.430. The van der Waals surface area contributed by atoms with Crippen LogP contribution in [0.2, 0.25) is 0 Å². The number of halogens is 3. The maximum absolute atomic E-state index is 12.6. The number of ether oxygens (including phenoxy) is 1. The summed E-state index contributed by atoms with van der Waals surface area (Å²) in [7, 11) is 1.52. The van der Waals surface area contributed by atoms with Crippen molar-refractivity contribution in [2.24, 2.45) is 0 Å². The average Bonchev–Trinajstić information content (AvgIpc) is 3.03. The Labute approximate surface area is 118 Å². The van der Waals surface area contributed by atoms with Crippen LogP contribution in [0.1, 0.15) is 28.8 Å². The maximum Gasteiger partial charge on any atom is 0.419 e. The second-order valence-electron chi connectivity index (χ2n) is 4.99. The SMILES string of the molecule is COc1ccc2c(c1)C(O)C(n1cc(C(F)(F)F)cn1)C2. The van der Waals surface area contributed by atoms with Crippen molar-refractivity contribution < 1.29 is 23.0 Å². The Bertz CT molecular complexity index is 666. The molecule has 1 heterocycles. The summed E-state index contributed by atoms with van der Waals surface area (Å²) in [5.41, 5.74) is 0.740. The Morgan fingerprint density at radius 3 is 2.76 bits per heavy atom. The first kappa shape index (κ1) is 13.9. The topological polar surface area (TPSA) is 47.3 Å². The molecule has 0 radical (unpaired) electrons. The molecule has 0 saturated carbocycles. The monoisotopic (exact) mass is 298 g/mol. The van der Waals surface area contributed by atoms with E-state index in [1.165, 1.54) is 11.8 Å². The molecule has 0 saturated heterocycles. The zero-order valence-corrected chi connectivity index (χ0v) is 11.1. The number of hydrogen-bond acceptors (Lipinski definition) is 3. The first-order chi connectivity index (χ1) is 9.90. The van der Waals surface area contributed by atoms with Gasteiger partial charge in [0.2, 0.25) is 0 Å².